The standard InChI is InChI=1S/C38H60O14/c1-18-37(11-6-19(14-39)15-49-37)52-27-13-24-22-5-4-20-12-21(7-9-35(20,2)23(22)8-10-36(24,3)38(18,27)46)50-34-32(45)30(43)29(42)26(51-34)17-48-33-31(44)28(41)25(40)16-47-33/h4,18-19,21-34,39-46H,5-17H2,1-3H3/t18-,19+,21+,22-,23+,24+,25+,26-,27+,28+,29-,30+,31-,32-,33+,34-,35+,36+,37-,38-/m1/s1. The summed E-state index contributed by atoms with van der Waals surface area (Å²) < 4.78 is 36.2. The molecule has 52 heavy (non-hydrogen) atoms. The number of fused-ring (bicyclic) bond motifs is 7. The smallest absolute Gasteiger partial charge is 0.186 e. The number of rotatable bonds is 6. The molecule has 4 heterocycles. The molecule has 0 amide bonds. The molecule has 4 saturated heterocycles. The highest BCUT2D eigenvalue weighted by Gasteiger charge is 2.76. The molecule has 7 fully saturated rings. The van der Waals surface area contributed by atoms with E-state index >= 15 is 0 Å². The van der Waals surface area contributed by atoms with Gasteiger partial charge in [-0.2, -0.15) is 0 Å². The second-order valence-corrected chi connectivity index (χ2v) is 17.9. The normalized spacial score (nSPS) is 57.5. The maximum absolute atomic E-state index is 12.7. The Labute approximate surface area is 305 Å². The SMILES string of the molecule is C[C@@H]1[C@@]2(CC[C@@H](CO)CO2)O[C@H]2C[C@H]3[C@@H]4CC=C5C[C@@H](O[C@@H]6O[C@H](CO[C@@H]7OC[C@H](O)[C@H](O)[C@H]7O)[C@@H](O)[C@H](O)[C@H]6O)CC[C@]5(C)[C@H]4CC[C@]3(C)[C@]21O. The van der Waals surface area contributed by atoms with Gasteiger partial charge in [-0.25, -0.2) is 0 Å². The minimum Gasteiger partial charge on any atom is -0.396 e. The van der Waals surface area contributed by atoms with Crippen LogP contribution in [0.25, 0.3) is 0 Å². The van der Waals surface area contributed by atoms with Crippen LogP contribution in [0.3, 0.4) is 0 Å². The highest BCUT2D eigenvalue weighted by molar-refractivity contribution is 5.29. The summed E-state index contributed by atoms with van der Waals surface area (Å²) >= 11 is 0. The molecule has 20 atom stereocenters. The first-order chi connectivity index (χ1) is 24.7. The van der Waals surface area contributed by atoms with Crippen LogP contribution in [0, 0.1) is 40.4 Å². The van der Waals surface area contributed by atoms with Gasteiger partial charge in [-0.3, -0.25) is 0 Å². The second kappa shape index (κ2) is 13.7. The second-order valence-electron chi connectivity index (χ2n) is 17.9. The average molecular weight is 741 g/mol. The summed E-state index contributed by atoms with van der Waals surface area (Å²) in [4.78, 5) is 0. The number of hydrogen-bond donors (Lipinski definition) is 8. The number of ether oxygens (including phenoxy) is 6. The minimum absolute atomic E-state index is 0.0407. The van der Waals surface area contributed by atoms with Crippen molar-refractivity contribution in [2.75, 3.05) is 26.4 Å². The minimum atomic E-state index is -1.57. The largest absolute Gasteiger partial charge is 0.396 e. The first-order valence-electron chi connectivity index (χ1n) is 19.6. The summed E-state index contributed by atoms with van der Waals surface area (Å²) in [6, 6.07) is 0. The molecular formula is C38H60O14. The quantitative estimate of drug-likeness (QED) is 0.170. The van der Waals surface area contributed by atoms with Crippen LogP contribution in [0.5, 0.6) is 0 Å². The highest BCUT2D eigenvalue weighted by atomic mass is 16.7. The van der Waals surface area contributed by atoms with Crippen molar-refractivity contribution in [3.8, 4) is 0 Å². The van der Waals surface area contributed by atoms with Crippen molar-refractivity contribution >= 4 is 0 Å². The molecule has 8 N–H and O–H groups in total. The van der Waals surface area contributed by atoms with Gasteiger partial charge in [0.1, 0.15) is 48.3 Å². The van der Waals surface area contributed by atoms with Crippen LogP contribution in [0.15, 0.2) is 11.6 Å². The fraction of sp³-hybridized carbons (Fsp3) is 0.947. The van der Waals surface area contributed by atoms with E-state index in [-0.39, 0.29) is 54.7 Å². The predicted octanol–water partition coefficient (Wildman–Crippen LogP) is 0.0887. The summed E-state index contributed by atoms with van der Waals surface area (Å²) in [6.07, 6.45) is -3.25. The van der Waals surface area contributed by atoms with Crippen molar-refractivity contribution < 1.29 is 69.3 Å². The first kappa shape index (κ1) is 38.1. The van der Waals surface area contributed by atoms with Crippen LogP contribution >= 0.6 is 0 Å². The van der Waals surface area contributed by atoms with Crippen LogP contribution in [0.1, 0.15) is 78.6 Å². The van der Waals surface area contributed by atoms with Gasteiger partial charge in [-0.05, 0) is 74.5 Å². The van der Waals surface area contributed by atoms with Gasteiger partial charge in [0.2, 0.25) is 0 Å². The molecule has 8 rings (SSSR count). The third-order valence-electron chi connectivity index (χ3n) is 15.6. The van der Waals surface area contributed by atoms with E-state index in [9.17, 15) is 40.9 Å². The third kappa shape index (κ3) is 5.65. The van der Waals surface area contributed by atoms with E-state index in [1.165, 1.54) is 5.57 Å². The Bertz CT molecular complexity index is 1340. The van der Waals surface area contributed by atoms with E-state index in [1.54, 1.807) is 0 Å². The molecule has 0 bridgehead atoms. The lowest BCUT2D eigenvalue weighted by Crippen LogP contribution is -2.61. The Kier molecular flexibility index (Phi) is 10.0. The van der Waals surface area contributed by atoms with Crippen molar-refractivity contribution in [1.82, 2.24) is 0 Å². The van der Waals surface area contributed by atoms with Crippen molar-refractivity contribution in [1.29, 1.82) is 0 Å². The zero-order valence-electron chi connectivity index (χ0n) is 30.5. The van der Waals surface area contributed by atoms with Crippen molar-refractivity contribution in [2.24, 2.45) is 40.4 Å². The van der Waals surface area contributed by atoms with Gasteiger partial charge in [0.25, 0.3) is 0 Å². The van der Waals surface area contributed by atoms with Gasteiger partial charge < -0.3 is 69.3 Å². The number of aliphatic hydroxyl groups is 8. The van der Waals surface area contributed by atoms with Crippen LogP contribution in [-0.2, 0) is 28.4 Å². The first-order valence-corrected chi connectivity index (χ1v) is 19.6. The topological polar surface area (TPSA) is 217 Å². The van der Waals surface area contributed by atoms with E-state index in [1.807, 2.05) is 0 Å². The molecule has 3 saturated carbocycles. The van der Waals surface area contributed by atoms with E-state index < -0.39 is 66.7 Å². The van der Waals surface area contributed by atoms with Gasteiger partial charge in [-0.15, -0.1) is 0 Å². The van der Waals surface area contributed by atoms with Gasteiger partial charge in [0.15, 0.2) is 18.4 Å². The van der Waals surface area contributed by atoms with E-state index in [4.69, 9.17) is 28.4 Å². The third-order valence-corrected chi connectivity index (χ3v) is 15.6. The molecule has 0 aromatic heterocycles. The Morgan fingerprint density at radius 3 is 2.37 bits per heavy atom. The van der Waals surface area contributed by atoms with E-state index in [2.05, 4.69) is 26.8 Å². The molecule has 8 aliphatic rings. The molecular weight excluding hydrogens is 680 g/mol. The van der Waals surface area contributed by atoms with Crippen molar-refractivity contribution in [2.45, 2.75) is 157 Å². The molecule has 296 valence electrons. The van der Waals surface area contributed by atoms with Crippen LogP contribution < -0.4 is 0 Å². The van der Waals surface area contributed by atoms with E-state index in [0.29, 0.717) is 37.2 Å². The molecule has 4 aliphatic carbocycles. The number of allylic oxidation sites excluding steroid dienone is 1. The number of aliphatic hydroxyl groups excluding tert-OH is 7. The molecule has 0 unspecified atom stereocenters. The fourth-order valence-electron chi connectivity index (χ4n) is 12.2. The summed E-state index contributed by atoms with van der Waals surface area (Å²) in [5.41, 5.74) is 0.00245. The van der Waals surface area contributed by atoms with Crippen LogP contribution in [0.4, 0.5) is 0 Å². The Morgan fingerprint density at radius 1 is 0.865 bits per heavy atom. The lowest BCUT2D eigenvalue weighted by atomic mass is 9.46. The maximum Gasteiger partial charge on any atom is 0.186 e. The molecule has 14 nitrogen and oxygen atoms in total. The number of hydrogen-bond acceptors (Lipinski definition) is 14. The molecule has 14 heteroatoms. The van der Waals surface area contributed by atoms with Crippen LogP contribution in [-0.4, -0.2) is 146 Å². The van der Waals surface area contributed by atoms with Gasteiger partial charge in [0.05, 0.1) is 32.0 Å². The Hall–Kier alpha value is -0.820. The van der Waals surface area contributed by atoms with Crippen LogP contribution in [0.2, 0.25) is 0 Å². The molecule has 0 aromatic rings. The van der Waals surface area contributed by atoms with Gasteiger partial charge in [0, 0.05) is 30.3 Å². The van der Waals surface area contributed by atoms with Gasteiger partial charge in [-0.1, -0.05) is 32.4 Å². The lowest BCUT2D eigenvalue weighted by molar-refractivity contribution is -0.328. The van der Waals surface area contributed by atoms with Crippen molar-refractivity contribution in [3.05, 3.63) is 11.6 Å². The summed E-state index contributed by atoms with van der Waals surface area (Å²) in [6.45, 7) is 6.74. The zero-order valence-corrected chi connectivity index (χ0v) is 30.5. The molecule has 4 aliphatic heterocycles. The zero-order chi connectivity index (χ0) is 37.0. The Morgan fingerprint density at radius 2 is 1.63 bits per heavy atom. The predicted molar refractivity (Wildman–Crippen MR) is 180 cm³/mol. The maximum atomic E-state index is 12.7. The highest BCUT2D eigenvalue weighted by Crippen LogP contribution is 2.72. The Balaban J connectivity index is 0.919. The average Bonchev–Trinajstić information content (AvgIpc) is 3.49. The van der Waals surface area contributed by atoms with E-state index in [0.717, 1.165) is 44.9 Å². The molecule has 1 spiro atoms. The lowest BCUT2D eigenvalue weighted by Gasteiger charge is -2.60. The molecule has 0 aromatic carbocycles. The van der Waals surface area contributed by atoms with Crippen molar-refractivity contribution in [3.63, 3.8) is 0 Å². The van der Waals surface area contributed by atoms with Gasteiger partial charge >= 0.3 is 0 Å². The summed E-state index contributed by atoms with van der Waals surface area (Å²) in [5.74, 6) is 0.311. The fourth-order valence-corrected chi connectivity index (χ4v) is 12.2. The molecule has 0 radical (unpaired) electrons. The summed E-state index contributed by atoms with van der Waals surface area (Å²) in [5, 5.41) is 84.5. The monoisotopic (exact) mass is 740 g/mol. The summed E-state index contributed by atoms with van der Waals surface area (Å²) in [7, 11) is 0.